The van der Waals surface area contributed by atoms with E-state index in [1.165, 1.54) is 4.90 Å². The molecule has 1 N–H and O–H groups in total. The largest absolute Gasteiger partial charge is 0.335 e. The minimum absolute atomic E-state index is 0.0172. The minimum atomic E-state index is -0.480. The van der Waals surface area contributed by atoms with Crippen molar-refractivity contribution >= 4 is 51.1 Å². The van der Waals surface area contributed by atoms with Crippen LogP contribution >= 0.6 is 27.7 Å². The third-order valence-electron chi connectivity index (χ3n) is 4.45. The van der Waals surface area contributed by atoms with Gasteiger partial charge in [0.1, 0.15) is 6.04 Å². The van der Waals surface area contributed by atoms with E-state index in [1.807, 2.05) is 32.0 Å². The molecule has 1 aromatic rings. The number of benzene rings is 1. The molecule has 1 atom stereocenters. The van der Waals surface area contributed by atoms with Crippen LogP contribution in [0.25, 0.3) is 0 Å². The van der Waals surface area contributed by atoms with Crippen LogP contribution in [-0.2, 0) is 14.4 Å². The Kier molecular flexibility index (Phi) is 8.16. The van der Waals surface area contributed by atoms with E-state index in [2.05, 4.69) is 21.2 Å². The SMILES string of the molecule is CCCCC(=O)N1CSCC1C(=O)N(C)CC(=O)Nc1ccc(Br)cc1C. The molecule has 8 heteroatoms. The smallest absolute Gasteiger partial charge is 0.246 e. The van der Waals surface area contributed by atoms with Crippen molar-refractivity contribution in [3.05, 3.63) is 28.2 Å². The first-order chi connectivity index (χ1) is 12.8. The fraction of sp³-hybridized carbons (Fsp3) is 0.526. The van der Waals surface area contributed by atoms with Crippen molar-refractivity contribution in [2.75, 3.05) is 30.5 Å². The summed E-state index contributed by atoms with van der Waals surface area (Å²) in [5.74, 6) is 0.688. The highest BCUT2D eigenvalue weighted by Crippen LogP contribution is 2.24. The molecule has 27 heavy (non-hydrogen) atoms. The fourth-order valence-corrected chi connectivity index (χ4v) is 4.52. The van der Waals surface area contributed by atoms with Crippen LogP contribution in [0, 0.1) is 6.92 Å². The van der Waals surface area contributed by atoms with E-state index >= 15 is 0 Å². The molecule has 3 amide bonds. The summed E-state index contributed by atoms with van der Waals surface area (Å²) >= 11 is 4.97. The molecular weight excluding hydrogens is 430 g/mol. The maximum atomic E-state index is 12.8. The van der Waals surface area contributed by atoms with Crippen LogP contribution in [0.2, 0.25) is 0 Å². The van der Waals surface area contributed by atoms with E-state index in [-0.39, 0.29) is 24.3 Å². The van der Waals surface area contributed by atoms with Crippen molar-refractivity contribution in [2.45, 2.75) is 39.2 Å². The average molecular weight is 456 g/mol. The van der Waals surface area contributed by atoms with E-state index in [0.717, 1.165) is 28.6 Å². The Morgan fingerprint density at radius 3 is 2.78 bits per heavy atom. The molecule has 1 fully saturated rings. The first-order valence-corrected chi connectivity index (χ1v) is 11.0. The molecule has 0 saturated carbocycles. The van der Waals surface area contributed by atoms with Crippen LogP contribution in [0.1, 0.15) is 31.7 Å². The number of carbonyl (C=O) groups is 3. The topological polar surface area (TPSA) is 69.7 Å². The van der Waals surface area contributed by atoms with E-state index in [0.29, 0.717) is 18.1 Å². The zero-order chi connectivity index (χ0) is 20.0. The molecular formula is C19H26BrN3O3S. The number of halogens is 1. The van der Waals surface area contributed by atoms with Gasteiger partial charge in [0.2, 0.25) is 17.7 Å². The predicted molar refractivity (Wildman–Crippen MR) is 113 cm³/mol. The standard InChI is InChI=1S/C19H26BrN3O3S/c1-4-5-6-18(25)23-12-27-11-16(23)19(26)22(3)10-17(24)21-15-8-7-14(20)9-13(15)2/h7-9,16H,4-6,10-12H2,1-3H3,(H,21,24). The Labute approximate surface area is 173 Å². The molecule has 2 rings (SSSR count). The molecule has 1 saturated heterocycles. The third kappa shape index (κ3) is 5.97. The molecule has 1 heterocycles. The molecule has 0 bridgehead atoms. The van der Waals surface area contributed by atoms with Gasteiger partial charge in [-0.25, -0.2) is 0 Å². The summed E-state index contributed by atoms with van der Waals surface area (Å²) in [5.41, 5.74) is 1.66. The number of anilines is 1. The molecule has 1 aliphatic rings. The van der Waals surface area contributed by atoms with Crippen LogP contribution in [0.5, 0.6) is 0 Å². The van der Waals surface area contributed by atoms with E-state index < -0.39 is 6.04 Å². The quantitative estimate of drug-likeness (QED) is 0.684. The van der Waals surface area contributed by atoms with E-state index in [1.54, 1.807) is 23.7 Å². The van der Waals surface area contributed by atoms with Gasteiger partial charge >= 0.3 is 0 Å². The molecule has 0 aromatic heterocycles. The van der Waals surface area contributed by atoms with Crippen LogP contribution in [0.3, 0.4) is 0 Å². The molecule has 6 nitrogen and oxygen atoms in total. The van der Waals surface area contributed by atoms with Gasteiger partial charge in [-0.2, -0.15) is 0 Å². The van der Waals surface area contributed by atoms with E-state index in [4.69, 9.17) is 0 Å². The average Bonchev–Trinajstić information content (AvgIpc) is 3.11. The Bertz CT molecular complexity index is 713. The van der Waals surface area contributed by atoms with Gasteiger partial charge in [0.25, 0.3) is 0 Å². The van der Waals surface area contributed by atoms with Crippen LogP contribution in [0.4, 0.5) is 5.69 Å². The highest BCUT2D eigenvalue weighted by molar-refractivity contribution is 9.10. The van der Waals surface area contributed by atoms with Crippen molar-refractivity contribution in [1.29, 1.82) is 0 Å². The van der Waals surface area contributed by atoms with Crippen molar-refractivity contribution in [3.8, 4) is 0 Å². The molecule has 148 valence electrons. The number of carbonyl (C=O) groups excluding carboxylic acids is 3. The van der Waals surface area contributed by atoms with Gasteiger partial charge < -0.3 is 15.1 Å². The van der Waals surface area contributed by atoms with Gasteiger partial charge in [0.15, 0.2) is 0 Å². The van der Waals surface area contributed by atoms with Crippen molar-refractivity contribution in [2.24, 2.45) is 0 Å². The third-order valence-corrected chi connectivity index (χ3v) is 5.96. The summed E-state index contributed by atoms with van der Waals surface area (Å²) < 4.78 is 0.942. The summed E-state index contributed by atoms with van der Waals surface area (Å²) in [4.78, 5) is 40.5. The van der Waals surface area contributed by atoms with Crippen molar-refractivity contribution in [1.82, 2.24) is 9.80 Å². The van der Waals surface area contributed by atoms with E-state index in [9.17, 15) is 14.4 Å². The van der Waals surface area contributed by atoms with Gasteiger partial charge in [0.05, 0.1) is 12.4 Å². The number of nitrogens with one attached hydrogen (secondary N) is 1. The summed E-state index contributed by atoms with van der Waals surface area (Å²) in [6.07, 6.45) is 2.24. The zero-order valence-corrected chi connectivity index (χ0v) is 18.4. The Balaban J connectivity index is 1.93. The van der Waals surface area contributed by atoms with Crippen LogP contribution in [0.15, 0.2) is 22.7 Å². The second-order valence-electron chi connectivity index (χ2n) is 6.68. The number of nitrogens with zero attached hydrogens (tertiary/aromatic N) is 2. The Morgan fingerprint density at radius 1 is 1.37 bits per heavy atom. The predicted octanol–water partition coefficient (Wildman–Crippen LogP) is 3.25. The van der Waals surface area contributed by atoms with Gasteiger partial charge in [-0.05, 0) is 37.1 Å². The molecule has 0 radical (unpaired) electrons. The number of hydrogen-bond acceptors (Lipinski definition) is 4. The summed E-state index contributed by atoms with van der Waals surface area (Å²) in [7, 11) is 1.61. The Morgan fingerprint density at radius 2 is 2.11 bits per heavy atom. The lowest BCUT2D eigenvalue weighted by molar-refractivity contribution is -0.143. The van der Waals surface area contributed by atoms with Gasteiger partial charge in [-0.15, -0.1) is 11.8 Å². The van der Waals surface area contributed by atoms with Crippen LogP contribution in [-0.4, -0.2) is 58.8 Å². The maximum Gasteiger partial charge on any atom is 0.246 e. The molecule has 0 aliphatic carbocycles. The molecule has 0 spiro atoms. The number of rotatable bonds is 7. The zero-order valence-electron chi connectivity index (χ0n) is 16.0. The number of unbranched alkanes of at least 4 members (excludes halogenated alkanes) is 1. The van der Waals surface area contributed by atoms with Crippen molar-refractivity contribution < 1.29 is 14.4 Å². The van der Waals surface area contributed by atoms with Gasteiger partial charge in [0, 0.05) is 29.4 Å². The second kappa shape index (κ2) is 10.1. The highest BCUT2D eigenvalue weighted by Gasteiger charge is 2.36. The van der Waals surface area contributed by atoms with Crippen molar-refractivity contribution in [3.63, 3.8) is 0 Å². The molecule has 1 aliphatic heterocycles. The lowest BCUT2D eigenvalue weighted by Crippen LogP contribution is -2.49. The number of hydrogen-bond donors (Lipinski definition) is 1. The number of amides is 3. The number of likely N-dealkylation sites (N-methyl/N-ethyl adjacent to an activating group) is 1. The summed E-state index contributed by atoms with van der Waals surface area (Å²) in [5, 5.41) is 2.84. The highest BCUT2D eigenvalue weighted by atomic mass is 79.9. The fourth-order valence-electron chi connectivity index (χ4n) is 2.87. The normalized spacial score (nSPS) is 16.3. The van der Waals surface area contributed by atoms with Gasteiger partial charge in [-0.3, -0.25) is 14.4 Å². The molecule has 1 aromatic carbocycles. The lowest BCUT2D eigenvalue weighted by Gasteiger charge is -2.27. The second-order valence-corrected chi connectivity index (χ2v) is 8.60. The summed E-state index contributed by atoms with van der Waals surface area (Å²) in [6, 6.07) is 5.11. The first kappa shape index (κ1) is 21.8. The Hall–Kier alpha value is -1.54. The minimum Gasteiger partial charge on any atom is -0.335 e. The summed E-state index contributed by atoms with van der Waals surface area (Å²) in [6.45, 7) is 3.89. The number of thioether (sulfide) groups is 1. The first-order valence-electron chi connectivity index (χ1n) is 9.01. The maximum absolute atomic E-state index is 12.8. The number of aryl methyl sites for hydroxylation is 1. The van der Waals surface area contributed by atoms with Crippen LogP contribution < -0.4 is 5.32 Å². The molecule has 1 unspecified atom stereocenters. The lowest BCUT2D eigenvalue weighted by atomic mass is 10.2. The van der Waals surface area contributed by atoms with Gasteiger partial charge in [-0.1, -0.05) is 29.3 Å². The monoisotopic (exact) mass is 455 g/mol.